The molecule has 0 aromatic heterocycles. The fourth-order valence-corrected chi connectivity index (χ4v) is 1.98. The van der Waals surface area contributed by atoms with Crippen molar-refractivity contribution in [2.24, 2.45) is 5.73 Å². The lowest BCUT2D eigenvalue weighted by atomic mass is 9.95. The highest BCUT2D eigenvalue weighted by molar-refractivity contribution is 5.36. The Morgan fingerprint density at radius 1 is 1.46 bits per heavy atom. The largest absolute Gasteiger partial charge is 0.326 e. The average Bonchev–Trinajstić information content (AvgIpc) is 2.17. The van der Waals surface area contributed by atoms with Crippen molar-refractivity contribution in [2.45, 2.75) is 19.5 Å². The molecule has 0 saturated carbocycles. The lowest BCUT2D eigenvalue weighted by Gasteiger charge is -2.26. The summed E-state index contributed by atoms with van der Waals surface area (Å²) >= 11 is 0. The van der Waals surface area contributed by atoms with E-state index in [1.54, 1.807) is 0 Å². The zero-order valence-electron chi connectivity index (χ0n) is 8.09. The lowest BCUT2D eigenvalue weighted by molar-refractivity contribution is 0.311. The summed E-state index contributed by atoms with van der Waals surface area (Å²) in [5.74, 6) is 0. The number of rotatable bonds is 1. The molecule has 1 aliphatic heterocycles. The minimum Gasteiger partial charge on any atom is -0.326 e. The number of likely N-dealkylation sites (N-methyl/N-ethyl adjacent to an activating group) is 1. The molecule has 0 saturated heterocycles. The summed E-state index contributed by atoms with van der Waals surface area (Å²) < 4.78 is 0. The Hall–Kier alpha value is -0.860. The van der Waals surface area contributed by atoms with Crippen molar-refractivity contribution < 1.29 is 0 Å². The van der Waals surface area contributed by atoms with Crippen LogP contribution in [0.15, 0.2) is 18.2 Å². The van der Waals surface area contributed by atoms with Gasteiger partial charge in [-0.15, -0.1) is 0 Å². The smallest absolute Gasteiger partial charge is 0.0236 e. The van der Waals surface area contributed by atoms with Gasteiger partial charge in [0.15, 0.2) is 0 Å². The molecule has 0 atom stereocenters. The Bertz CT molecular complexity index is 293. The fraction of sp³-hybridized carbons (Fsp3) is 0.455. The molecule has 0 aliphatic carbocycles. The Kier molecular flexibility index (Phi) is 2.34. The van der Waals surface area contributed by atoms with Gasteiger partial charge in [-0.2, -0.15) is 0 Å². The number of nitrogens with zero attached hydrogens (tertiary/aromatic N) is 1. The van der Waals surface area contributed by atoms with E-state index in [4.69, 9.17) is 5.73 Å². The number of hydrogen-bond acceptors (Lipinski definition) is 2. The van der Waals surface area contributed by atoms with Crippen LogP contribution in [-0.4, -0.2) is 18.5 Å². The van der Waals surface area contributed by atoms with Crippen LogP contribution in [0.4, 0.5) is 0 Å². The summed E-state index contributed by atoms with van der Waals surface area (Å²) in [6.07, 6.45) is 1.17. The van der Waals surface area contributed by atoms with Crippen LogP contribution in [0.1, 0.15) is 16.7 Å². The normalized spacial score (nSPS) is 17.1. The van der Waals surface area contributed by atoms with Crippen molar-refractivity contribution in [1.29, 1.82) is 0 Å². The third-order valence-corrected chi connectivity index (χ3v) is 2.78. The molecule has 2 heteroatoms. The number of hydrogen-bond donors (Lipinski definition) is 1. The second kappa shape index (κ2) is 3.48. The maximum absolute atomic E-state index is 5.70. The highest BCUT2D eigenvalue weighted by Gasteiger charge is 2.14. The number of fused-ring (bicyclic) bond motifs is 1. The molecule has 1 aliphatic rings. The van der Waals surface area contributed by atoms with Crippen molar-refractivity contribution in [3.63, 3.8) is 0 Å². The molecule has 70 valence electrons. The maximum atomic E-state index is 5.70. The minimum absolute atomic E-state index is 0.664. The Morgan fingerprint density at radius 3 is 3.08 bits per heavy atom. The number of benzene rings is 1. The number of nitrogens with two attached hydrogens (primary N) is 1. The maximum Gasteiger partial charge on any atom is 0.0236 e. The van der Waals surface area contributed by atoms with E-state index in [0.29, 0.717) is 6.54 Å². The van der Waals surface area contributed by atoms with Gasteiger partial charge in [0.25, 0.3) is 0 Å². The highest BCUT2D eigenvalue weighted by Crippen LogP contribution is 2.21. The van der Waals surface area contributed by atoms with Gasteiger partial charge < -0.3 is 10.6 Å². The molecule has 0 fully saturated rings. The highest BCUT2D eigenvalue weighted by atomic mass is 15.1. The van der Waals surface area contributed by atoms with Crippen molar-refractivity contribution in [2.75, 3.05) is 13.6 Å². The summed E-state index contributed by atoms with van der Waals surface area (Å²) in [7, 11) is 2.16. The van der Waals surface area contributed by atoms with E-state index in [2.05, 4.69) is 30.1 Å². The van der Waals surface area contributed by atoms with Crippen LogP contribution in [0.2, 0.25) is 0 Å². The first-order valence-corrected chi connectivity index (χ1v) is 4.79. The Morgan fingerprint density at radius 2 is 2.31 bits per heavy atom. The third-order valence-electron chi connectivity index (χ3n) is 2.78. The predicted octanol–water partition coefficient (Wildman–Crippen LogP) is 1.13. The first-order chi connectivity index (χ1) is 6.31. The molecule has 0 radical (unpaired) electrons. The van der Waals surface area contributed by atoms with E-state index in [0.717, 1.165) is 6.54 Å². The monoisotopic (exact) mass is 176 g/mol. The molecule has 2 N–H and O–H groups in total. The molecule has 2 rings (SSSR count). The van der Waals surface area contributed by atoms with Crippen LogP contribution in [0.25, 0.3) is 0 Å². The third kappa shape index (κ3) is 1.60. The first-order valence-electron chi connectivity index (χ1n) is 4.79. The summed E-state index contributed by atoms with van der Waals surface area (Å²) in [5.41, 5.74) is 9.95. The average molecular weight is 176 g/mol. The molecular weight excluding hydrogens is 160 g/mol. The van der Waals surface area contributed by atoms with E-state index in [-0.39, 0.29) is 0 Å². The SMILES string of the molecule is CN1CCc2cccc(CN)c2C1. The van der Waals surface area contributed by atoms with Gasteiger partial charge in [0.1, 0.15) is 0 Å². The Labute approximate surface area is 79.4 Å². The van der Waals surface area contributed by atoms with E-state index in [9.17, 15) is 0 Å². The molecule has 0 spiro atoms. The van der Waals surface area contributed by atoms with Gasteiger partial charge in [-0.05, 0) is 30.2 Å². The predicted molar refractivity (Wildman–Crippen MR) is 54.4 cm³/mol. The summed E-state index contributed by atoms with van der Waals surface area (Å²) in [6.45, 7) is 2.89. The Balaban J connectivity index is 2.41. The van der Waals surface area contributed by atoms with E-state index in [1.165, 1.54) is 29.7 Å². The molecule has 1 aromatic carbocycles. The molecule has 13 heavy (non-hydrogen) atoms. The van der Waals surface area contributed by atoms with Crippen molar-refractivity contribution in [1.82, 2.24) is 4.90 Å². The van der Waals surface area contributed by atoms with Crippen LogP contribution in [0.3, 0.4) is 0 Å². The van der Waals surface area contributed by atoms with Gasteiger partial charge in [-0.3, -0.25) is 0 Å². The van der Waals surface area contributed by atoms with E-state index >= 15 is 0 Å². The molecular formula is C11H16N2. The van der Waals surface area contributed by atoms with Crippen LogP contribution < -0.4 is 5.73 Å². The lowest BCUT2D eigenvalue weighted by Crippen LogP contribution is -2.27. The van der Waals surface area contributed by atoms with E-state index in [1.807, 2.05) is 0 Å². The van der Waals surface area contributed by atoms with Crippen molar-refractivity contribution >= 4 is 0 Å². The molecule has 2 nitrogen and oxygen atoms in total. The molecule has 0 unspecified atom stereocenters. The molecule has 0 amide bonds. The fourth-order valence-electron chi connectivity index (χ4n) is 1.98. The first kappa shape index (κ1) is 8.73. The summed E-state index contributed by atoms with van der Waals surface area (Å²) in [4.78, 5) is 2.35. The van der Waals surface area contributed by atoms with Crippen molar-refractivity contribution in [3.05, 3.63) is 34.9 Å². The van der Waals surface area contributed by atoms with Gasteiger partial charge in [0.05, 0.1) is 0 Å². The second-order valence-corrected chi connectivity index (χ2v) is 3.75. The summed E-state index contributed by atoms with van der Waals surface area (Å²) in [5, 5.41) is 0. The second-order valence-electron chi connectivity index (χ2n) is 3.75. The van der Waals surface area contributed by atoms with Crippen LogP contribution in [-0.2, 0) is 19.5 Å². The standard InChI is InChI=1S/C11H16N2/c1-13-6-5-9-3-2-4-10(7-12)11(9)8-13/h2-4H,5-8,12H2,1H3. The van der Waals surface area contributed by atoms with Crippen molar-refractivity contribution in [3.8, 4) is 0 Å². The zero-order valence-corrected chi connectivity index (χ0v) is 8.09. The molecule has 0 bridgehead atoms. The van der Waals surface area contributed by atoms with Gasteiger partial charge in [0.2, 0.25) is 0 Å². The zero-order chi connectivity index (χ0) is 9.26. The van der Waals surface area contributed by atoms with Crippen LogP contribution >= 0.6 is 0 Å². The summed E-state index contributed by atoms with van der Waals surface area (Å²) in [6, 6.07) is 6.48. The minimum atomic E-state index is 0.664. The van der Waals surface area contributed by atoms with Crippen LogP contribution in [0.5, 0.6) is 0 Å². The topological polar surface area (TPSA) is 29.3 Å². The quantitative estimate of drug-likeness (QED) is 0.695. The van der Waals surface area contributed by atoms with Gasteiger partial charge >= 0.3 is 0 Å². The van der Waals surface area contributed by atoms with Gasteiger partial charge in [0, 0.05) is 19.6 Å². The van der Waals surface area contributed by atoms with E-state index < -0.39 is 0 Å². The van der Waals surface area contributed by atoms with Gasteiger partial charge in [-0.25, -0.2) is 0 Å². The van der Waals surface area contributed by atoms with Gasteiger partial charge in [-0.1, -0.05) is 18.2 Å². The molecule has 1 heterocycles. The van der Waals surface area contributed by atoms with Crippen LogP contribution in [0, 0.1) is 0 Å². The molecule has 1 aromatic rings.